The first-order valence-corrected chi connectivity index (χ1v) is 6.37. The molecule has 0 unspecified atom stereocenters. The first kappa shape index (κ1) is 14.1. The highest BCUT2D eigenvalue weighted by Crippen LogP contribution is 2.19. The predicted molar refractivity (Wildman–Crippen MR) is 76.7 cm³/mol. The zero-order chi connectivity index (χ0) is 14.5. The molecule has 1 amide bonds. The first-order chi connectivity index (χ1) is 9.65. The molecule has 2 aromatic carbocycles. The van der Waals surface area contributed by atoms with Crippen LogP contribution in [0.3, 0.4) is 0 Å². The molecule has 0 bridgehead atoms. The number of rotatable bonds is 4. The van der Waals surface area contributed by atoms with E-state index in [1.807, 2.05) is 6.92 Å². The molecule has 2 aromatic rings. The summed E-state index contributed by atoms with van der Waals surface area (Å²) in [6, 6.07) is 12.8. The topological polar surface area (TPSA) is 29.5 Å². The van der Waals surface area contributed by atoms with Gasteiger partial charge in [0.25, 0.3) is 5.91 Å². The van der Waals surface area contributed by atoms with Crippen LogP contribution in [0.1, 0.15) is 17.3 Å². The monoisotopic (exact) mass is 273 g/mol. The minimum absolute atomic E-state index is 0.123. The number of benzene rings is 2. The third-order valence-corrected chi connectivity index (χ3v) is 3.04. The summed E-state index contributed by atoms with van der Waals surface area (Å²) in [4.78, 5) is 14.1. The highest BCUT2D eigenvalue weighted by molar-refractivity contribution is 6.06. The van der Waals surface area contributed by atoms with Crippen molar-refractivity contribution in [2.24, 2.45) is 0 Å². The Balaban J connectivity index is 2.26. The lowest BCUT2D eigenvalue weighted by atomic mass is 10.1. The Morgan fingerprint density at radius 3 is 2.20 bits per heavy atom. The van der Waals surface area contributed by atoms with E-state index in [1.165, 1.54) is 12.1 Å². The van der Waals surface area contributed by atoms with Gasteiger partial charge in [-0.15, -0.1) is 0 Å². The molecule has 0 N–H and O–H groups in total. The third kappa shape index (κ3) is 2.96. The molecule has 0 spiro atoms. The predicted octanol–water partition coefficient (Wildman–Crippen LogP) is 3.50. The van der Waals surface area contributed by atoms with Crippen LogP contribution in [0.4, 0.5) is 10.1 Å². The number of anilines is 1. The second-order valence-corrected chi connectivity index (χ2v) is 4.25. The van der Waals surface area contributed by atoms with Gasteiger partial charge in [0.15, 0.2) is 0 Å². The maximum atomic E-state index is 12.9. The van der Waals surface area contributed by atoms with Crippen molar-refractivity contribution in [3.05, 3.63) is 59.9 Å². The third-order valence-electron chi connectivity index (χ3n) is 3.04. The fraction of sp³-hybridized carbons (Fsp3) is 0.188. The van der Waals surface area contributed by atoms with Gasteiger partial charge in [0.2, 0.25) is 0 Å². The van der Waals surface area contributed by atoms with Crippen molar-refractivity contribution in [3.8, 4) is 5.75 Å². The van der Waals surface area contributed by atoms with E-state index in [9.17, 15) is 9.18 Å². The Labute approximate surface area is 117 Å². The SMILES string of the molecule is CCN(C(=O)c1ccc(OC)cc1)c1ccc(F)cc1. The zero-order valence-corrected chi connectivity index (χ0v) is 11.5. The lowest BCUT2D eigenvalue weighted by molar-refractivity contribution is 0.0988. The van der Waals surface area contributed by atoms with E-state index in [1.54, 1.807) is 48.4 Å². The molecule has 0 heterocycles. The van der Waals surface area contributed by atoms with E-state index >= 15 is 0 Å². The fourth-order valence-corrected chi connectivity index (χ4v) is 1.95. The summed E-state index contributed by atoms with van der Waals surface area (Å²) in [7, 11) is 1.58. The maximum absolute atomic E-state index is 12.9. The minimum atomic E-state index is -0.318. The minimum Gasteiger partial charge on any atom is -0.497 e. The molecule has 0 aliphatic rings. The number of carbonyl (C=O) groups is 1. The number of nitrogens with zero attached hydrogens (tertiary/aromatic N) is 1. The summed E-state index contributed by atoms with van der Waals surface area (Å²) in [6.07, 6.45) is 0. The van der Waals surface area contributed by atoms with Gasteiger partial charge < -0.3 is 9.64 Å². The Hall–Kier alpha value is -2.36. The average molecular weight is 273 g/mol. The Morgan fingerprint density at radius 2 is 1.70 bits per heavy atom. The van der Waals surface area contributed by atoms with Gasteiger partial charge in [-0.05, 0) is 55.5 Å². The van der Waals surface area contributed by atoms with E-state index in [0.29, 0.717) is 23.5 Å². The van der Waals surface area contributed by atoms with Crippen LogP contribution in [0.2, 0.25) is 0 Å². The molecule has 104 valence electrons. The van der Waals surface area contributed by atoms with Crippen molar-refractivity contribution in [2.45, 2.75) is 6.92 Å². The molecule has 20 heavy (non-hydrogen) atoms. The lowest BCUT2D eigenvalue weighted by Crippen LogP contribution is -2.30. The summed E-state index contributed by atoms with van der Waals surface area (Å²) in [5.74, 6) is 0.259. The van der Waals surface area contributed by atoms with Crippen LogP contribution < -0.4 is 9.64 Å². The molecule has 0 fully saturated rings. The number of hydrogen-bond donors (Lipinski definition) is 0. The van der Waals surface area contributed by atoms with Crippen molar-refractivity contribution < 1.29 is 13.9 Å². The second-order valence-electron chi connectivity index (χ2n) is 4.25. The largest absolute Gasteiger partial charge is 0.497 e. The van der Waals surface area contributed by atoms with Gasteiger partial charge in [0.1, 0.15) is 11.6 Å². The highest BCUT2D eigenvalue weighted by Gasteiger charge is 2.16. The standard InChI is InChI=1S/C16H16FNO2/c1-3-18(14-8-6-13(17)7-9-14)16(19)12-4-10-15(20-2)11-5-12/h4-11H,3H2,1-2H3. The molecular formula is C16H16FNO2. The summed E-state index contributed by atoms with van der Waals surface area (Å²) in [6.45, 7) is 2.39. The summed E-state index contributed by atoms with van der Waals surface area (Å²) < 4.78 is 18.0. The van der Waals surface area contributed by atoms with Gasteiger partial charge in [0.05, 0.1) is 7.11 Å². The molecule has 0 aliphatic carbocycles. The quantitative estimate of drug-likeness (QED) is 0.853. The number of carbonyl (C=O) groups excluding carboxylic acids is 1. The molecule has 4 heteroatoms. The highest BCUT2D eigenvalue weighted by atomic mass is 19.1. The van der Waals surface area contributed by atoms with E-state index in [0.717, 1.165) is 0 Å². The molecule has 0 aliphatic heterocycles. The van der Waals surface area contributed by atoms with Crippen molar-refractivity contribution in [3.63, 3.8) is 0 Å². The van der Waals surface area contributed by atoms with Crippen LogP contribution in [0.5, 0.6) is 5.75 Å². The van der Waals surface area contributed by atoms with Crippen LogP contribution in [0.25, 0.3) is 0 Å². The number of halogens is 1. The molecule has 0 saturated carbocycles. The molecular weight excluding hydrogens is 257 g/mol. The van der Waals surface area contributed by atoms with Gasteiger partial charge in [-0.1, -0.05) is 0 Å². The fourth-order valence-electron chi connectivity index (χ4n) is 1.95. The molecule has 2 rings (SSSR count). The van der Waals surface area contributed by atoms with Crippen molar-refractivity contribution in [1.29, 1.82) is 0 Å². The maximum Gasteiger partial charge on any atom is 0.258 e. The van der Waals surface area contributed by atoms with E-state index in [4.69, 9.17) is 4.74 Å². The van der Waals surface area contributed by atoms with Gasteiger partial charge in [-0.2, -0.15) is 0 Å². The Bertz CT molecular complexity index is 578. The van der Waals surface area contributed by atoms with Crippen LogP contribution in [0.15, 0.2) is 48.5 Å². The van der Waals surface area contributed by atoms with Gasteiger partial charge in [-0.3, -0.25) is 4.79 Å². The first-order valence-electron chi connectivity index (χ1n) is 6.37. The smallest absolute Gasteiger partial charge is 0.258 e. The molecule has 0 radical (unpaired) electrons. The summed E-state index contributed by atoms with van der Waals surface area (Å²) >= 11 is 0. The van der Waals surface area contributed by atoms with Crippen LogP contribution >= 0.6 is 0 Å². The van der Waals surface area contributed by atoms with E-state index < -0.39 is 0 Å². The van der Waals surface area contributed by atoms with Crippen LogP contribution in [-0.2, 0) is 0 Å². The van der Waals surface area contributed by atoms with Crippen molar-refractivity contribution >= 4 is 11.6 Å². The van der Waals surface area contributed by atoms with Crippen LogP contribution in [-0.4, -0.2) is 19.6 Å². The number of methoxy groups -OCH3 is 1. The summed E-state index contributed by atoms with van der Waals surface area (Å²) in [5, 5.41) is 0. The van der Waals surface area contributed by atoms with Crippen LogP contribution in [0, 0.1) is 5.82 Å². The van der Waals surface area contributed by atoms with E-state index in [-0.39, 0.29) is 11.7 Å². The molecule has 0 aromatic heterocycles. The molecule has 0 atom stereocenters. The number of ether oxygens (including phenoxy) is 1. The van der Waals surface area contributed by atoms with Gasteiger partial charge in [-0.25, -0.2) is 4.39 Å². The number of amides is 1. The normalized spacial score (nSPS) is 10.2. The Kier molecular flexibility index (Phi) is 4.35. The van der Waals surface area contributed by atoms with Gasteiger partial charge in [0, 0.05) is 17.8 Å². The van der Waals surface area contributed by atoms with Gasteiger partial charge >= 0.3 is 0 Å². The average Bonchev–Trinajstić information content (AvgIpc) is 2.50. The second kappa shape index (κ2) is 6.19. The molecule has 0 saturated heterocycles. The van der Waals surface area contributed by atoms with E-state index in [2.05, 4.69) is 0 Å². The lowest BCUT2D eigenvalue weighted by Gasteiger charge is -2.21. The number of hydrogen-bond acceptors (Lipinski definition) is 2. The zero-order valence-electron chi connectivity index (χ0n) is 11.5. The van der Waals surface area contributed by atoms with Crippen molar-refractivity contribution in [1.82, 2.24) is 0 Å². The molecule has 3 nitrogen and oxygen atoms in total. The van der Waals surface area contributed by atoms with Crippen molar-refractivity contribution in [2.75, 3.05) is 18.6 Å². The Morgan fingerprint density at radius 1 is 1.10 bits per heavy atom. The summed E-state index contributed by atoms with van der Waals surface area (Å²) in [5.41, 5.74) is 1.24.